The number of benzene rings is 2. The van der Waals surface area contributed by atoms with Crippen molar-refractivity contribution in [2.45, 2.75) is 25.4 Å². The van der Waals surface area contributed by atoms with Crippen molar-refractivity contribution in [3.63, 3.8) is 0 Å². The third-order valence-corrected chi connectivity index (χ3v) is 5.57. The van der Waals surface area contributed by atoms with Gasteiger partial charge in [0.1, 0.15) is 0 Å². The summed E-state index contributed by atoms with van der Waals surface area (Å²) in [6.07, 6.45) is 1.96. The molecule has 1 aromatic heterocycles. The van der Waals surface area contributed by atoms with Crippen LogP contribution in [0.5, 0.6) is 0 Å². The molecule has 5 nitrogen and oxygen atoms in total. The number of carbonyl (C=O) groups excluding carboxylic acids is 1. The van der Waals surface area contributed by atoms with E-state index >= 15 is 0 Å². The molecule has 2 heterocycles. The second-order valence-electron chi connectivity index (χ2n) is 7.99. The summed E-state index contributed by atoms with van der Waals surface area (Å²) >= 11 is 0. The minimum atomic E-state index is 0.0356. The molecule has 150 valence electrons. The van der Waals surface area contributed by atoms with Crippen LogP contribution in [0.1, 0.15) is 40.6 Å². The van der Waals surface area contributed by atoms with Gasteiger partial charge in [-0.1, -0.05) is 48.5 Å². The maximum absolute atomic E-state index is 13.6. The van der Waals surface area contributed by atoms with Gasteiger partial charge in [0.15, 0.2) is 0 Å². The minimum absolute atomic E-state index is 0.0356. The first-order valence-electron chi connectivity index (χ1n) is 10.2. The number of aryl methyl sites for hydroxylation is 1. The highest BCUT2D eigenvalue weighted by Crippen LogP contribution is 2.34. The van der Waals surface area contributed by atoms with Gasteiger partial charge in [0.25, 0.3) is 5.91 Å². The van der Waals surface area contributed by atoms with Crippen LogP contribution in [0, 0.1) is 0 Å². The van der Waals surface area contributed by atoms with E-state index in [1.54, 1.807) is 0 Å². The van der Waals surface area contributed by atoms with Gasteiger partial charge in [0.2, 0.25) is 0 Å². The second-order valence-corrected chi connectivity index (χ2v) is 7.99. The molecule has 5 heteroatoms. The molecule has 1 amide bonds. The quantitative estimate of drug-likeness (QED) is 0.660. The molecule has 0 saturated carbocycles. The summed E-state index contributed by atoms with van der Waals surface area (Å²) in [5.41, 5.74) is 4.97. The third-order valence-electron chi connectivity index (χ3n) is 5.57. The van der Waals surface area contributed by atoms with Crippen LogP contribution in [0.15, 0.2) is 60.7 Å². The predicted octanol–water partition coefficient (Wildman–Crippen LogP) is 4.13. The highest BCUT2D eigenvalue weighted by atomic mass is 16.2. The first kappa shape index (κ1) is 19.4. The van der Waals surface area contributed by atoms with Crippen LogP contribution in [0.4, 0.5) is 0 Å². The van der Waals surface area contributed by atoms with Gasteiger partial charge in [-0.3, -0.25) is 9.48 Å². The van der Waals surface area contributed by atoms with Crippen LogP contribution in [-0.2, 0) is 13.6 Å². The smallest absolute Gasteiger partial charge is 0.255 e. The van der Waals surface area contributed by atoms with Crippen LogP contribution in [0.2, 0.25) is 0 Å². The van der Waals surface area contributed by atoms with Crippen LogP contribution >= 0.6 is 0 Å². The fourth-order valence-corrected chi connectivity index (χ4v) is 4.18. The molecule has 29 heavy (non-hydrogen) atoms. The molecular formula is C24H28N4O. The van der Waals surface area contributed by atoms with E-state index in [-0.39, 0.29) is 11.9 Å². The first-order valence-corrected chi connectivity index (χ1v) is 10.2. The molecular weight excluding hydrogens is 360 g/mol. The summed E-state index contributed by atoms with van der Waals surface area (Å²) in [5.74, 6) is 0.0896. The Morgan fingerprint density at radius 2 is 1.83 bits per heavy atom. The van der Waals surface area contributed by atoms with Gasteiger partial charge >= 0.3 is 0 Å². The molecule has 3 aromatic rings. The zero-order chi connectivity index (χ0) is 20.4. The molecule has 1 aliphatic rings. The molecule has 2 aromatic carbocycles. The lowest BCUT2D eigenvalue weighted by Crippen LogP contribution is -2.31. The van der Waals surface area contributed by atoms with E-state index in [0.717, 1.165) is 54.0 Å². The van der Waals surface area contributed by atoms with Crippen LogP contribution < -0.4 is 0 Å². The molecule has 1 aliphatic heterocycles. The number of rotatable bonds is 5. The van der Waals surface area contributed by atoms with E-state index in [0.29, 0.717) is 0 Å². The zero-order valence-electron chi connectivity index (χ0n) is 17.4. The molecule has 0 bridgehead atoms. The van der Waals surface area contributed by atoms with Gasteiger partial charge < -0.3 is 9.80 Å². The zero-order valence-corrected chi connectivity index (χ0v) is 17.4. The van der Waals surface area contributed by atoms with E-state index in [1.807, 2.05) is 59.1 Å². The lowest BCUT2D eigenvalue weighted by atomic mass is 9.98. The summed E-state index contributed by atoms with van der Waals surface area (Å²) in [4.78, 5) is 17.7. The first-order chi connectivity index (χ1) is 14.0. The molecule has 0 radical (unpaired) electrons. The molecule has 0 unspecified atom stereocenters. The molecule has 1 saturated heterocycles. The van der Waals surface area contributed by atoms with Crippen LogP contribution in [0.25, 0.3) is 11.1 Å². The van der Waals surface area contributed by atoms with Crippen molar-refractivity contribution in [3.8, 4) is 11.1 Å². The van der Waals surface area contributed by atoms with Crippen molar-refractivity contribution in [1.82, 2.24) is 19.6 Å². The van der Waals surface area contributed by atoms with Crippen molar-refractivity contribution >= 4 is 5.91 Å². The highest BCUT2D eigenvalue weighted by Gasteiger charge is 2.33. The average molecular weight is 389 g/mol. The summed E-state index contributed by atoms with van der Waals surface area (Å²) < 4.78 is 1.94. The van der Waals surface area contributed by atoms with E-state index in [2.05, 4.69) is 37.2 Å². The van der Waals surface area contributed by atoms with Crippen molar-refractivity contribution in [2.75, 3.05) is 20.6 Å². The molecule has 0 N–H and O–H groups in total. The van der Waals surface area contributed by atoms with E-state index < -0.39 is 0 Å². The third kappa shape index (κ3) is 3.96. The Labute approximate surface area is 172 Å². The van der Waals surface area contributed by atoms with Gasteiger partial charge in [0, 0.05) is 25.7 Å². The Bertz CT molecular complexity index is 993. The number of aromatic nitrogens is 2. The van der Waals surface area contributed by atoms with Gasteiger partial charge in [-0.2, -0.15) is 5.10 Å². The monoisotopic (exact) mass is 388 g/mol. The topological polar surface area (TPSA) is 41.4 Å². The normalized spacial score (nSPS) is 16.6. The number of nitrogens with zero attached hydrogens (tertiary/aromatic N) is 4. The summed E-state index contributed by atoms with van der Waals surface area (Å²) in [5, 5.41) is 4.75. The summed E-state index contributed by atoms with van der Waals surface area (Å²) in [6, 6.07) is 20.2. The largest absolute Gasteiger partial charge is 0.330 e. The van der Waals surface area contributed by atoms with Crippen molar-refractivity contribution in [3.05, 3.63) is 77.6 Å². The summed E-state index contributed by atoms with van der Waals surface area (Å²) in [6.45, 7) is 1.60. The van der Waals surface area contributed by atoms with Gasteiger partial charge in [-0.05, 0) is 50.2 Å². The Balaban J connectivity index is 1.65. The Morgan fingerprint density at radius 1 is 1.10 bits per heavy atom. The maximum atomic E-state index is 13.6. The standard InChI is InChI=1S/C24H28N4O/c1-26(2)17-19-16-22(25-27(19)3)23-14-9-15-28(23)24(29)21-13-8-7-12-20(21)18-10-5-4-6-11-18/h4-8,10-13,16,23H,9,14-15,17H2,1-3H3/t23-/m1/s1. The minimum Gasteiger partial charge on any atom is -0.330 e. The predicted molar refractivity (Wildman–Crippen MR) is 115 cm³/mol. The van der Waals surface area contributed by atoms with E-state index in [1.165, 1.54) is 0 Å². The van der Waals surface area contributed by atoms with Crippen molar-refractivity contribution in [2.24, 2.45) is 7.05 Å². The van der Waals surface area contributed by atoms with Crippen molar-refractivity contribution in [1.29, 1.82) is 0 Å². The van der Waals surface area contributed by atoms with Gasteiger partial charge in [0.05, 0.1) is 17.4 Å². The molecule has 1 atom stereocenters. The Hall–Kier alpha value is -2.92. The number of amides is 1. The highest BCUT2D eigenvalue weighted by molar-refractivity contribution is 6.01. The second kappa shape index (κ2) is 8.21. The fraction of sp³-hybridized carbons (Fsp3) is 0.333. The number of carbonyl (C=O) groups is 1. The molecule has 4 rings (SSSR count). The SMILES string of the molecule is CN(C)Cc1cc([C@H]2CCCN2C(=O)c2ccccc2-c2ccccc2)nn1C. The number of hydrogen-bond donors (Lipinski definition) is 0. The maximum Gasteiger partial charge on any atom is 0.255 e. The van der Waals surface area contributed by atoms with Gasteiger partial charge in [-0.15, -0.1) is 0 Å². The Morgan fingerprint density at radius 3 is 2.59 bits per heavy atom. The fourth-order valence-electron chi connectivity index (χ4n) is 4.18. The van der Waals surface area contributed by atoms with E-state index in [4.69, 9.17) is 5.10 Å². The Kier molecular flexibility index (Phi) is 5.49. The van der Waals surface area contributed by atoms with Crippen LogP contribution in [0.3, 0.4) is 0 Å². The lowest BCUT2D eigenvalue weighted by molar-refractivity contribution is 0.0733. The number of likely N-dealkylation sites (tertiary alicyclic amines) is 1. The molecule has 0 spiro atoms. The van der Waals surface area contributed by atoms with E-state index in [9.17, 15) is 4.79 Å². The summed E-state index contributed by atoms with van der Waals surface area (Å²) in [7, 11) is 6.09. The molecule has 0 aliphatic carbocycles. The van der Waals surface area contributed by atoms with Crippen molar-refractivity contribution < 1.29 is 4.79 Å². The lowest BCUT2D eigenvalue weighted by Gasteiger charge is -2.24. The molecule has 1 fully saturated rings. The average Bonchev–Trinajstić information content (AvgIpc) is 3.35. The van der Waals surface area contributed by atoms with Gasteiger partial charge in [-0.25, -0.2) is 0 Å². The van der Waals surface area contributed by atoms with Crippen LogP contribution in [-0.4, -0.2) is 46.1 Å². The number of hydrogen-bond acceptors (Lipinski definition) is 3.